The van der Waals surface area contributed by atoms with E-state index in [-0.39, 0.29) is 73.4 Å². The first kappa shape index (κ1) is 49.6. The topological polar surface area (TPSA) is 136 Å². The molecule has 3 heterocycles. The van der Waals surface area contributed by atoms with Gasteiger partial charge in [-0.2, -0.15) is 0 Å². The Hall–Kier alpha value is -1.53. The van der Waals surface area contributed by atoms with Crippen LogP contribution in [-0.2, 0) is 66.4 Å². The molecule has 55 heavy (non-hydrogen) atoms. The van der Waals surface area contributed by atoms with Crippen molar-refractivity contribution < 1.29 is 56.4 Å². The number of amides is 3. The second-order valence-electron chi connectivity index (χ2n) is 16.0. The molecule has 4 unspecified atom stereocenters. The van der Waals surface area contributed by atoms with Gasteiger partial charge in [0.2, 0.25) is 11.8 Å². The molecule has 5 atom stereocenters. The van der Waals surface area contributed by atoms with Crippen LogP contribution < -0.4 is 15.3 Å². The number of nitrogens with zero attached hydrogens (tertiary/aromatic N) is 4. The zero-order valence-corrected chi connectivity index (χ0v) is 39.4. The smallest absolute Gasteiger partial charge is 0.407 e. The second-order valence-corrected chi connectivity index (χ2v) is 18.5. The Morgan fingerprint density at radius 1 is 1.07 bits per heavy atom. The number of allylic oxidation sites excluding steroid dienone is 2. The molecule has 0 bridgehead atoms. The van der Waals surface area contributed by atoms with Gasteiger partial charge in [-0.1, -0.05) is 77.1 Å². The van der Waals surface area contributed by atoms with Crippen molar-refractivity contribution in [2.75, 3.05) is 26.7 Å². The van der Waals surface area contributed by atoms with E-state index < -0.39 is 17.1 Å². The third-order valence-electron chi connectivity index (χ3n) is 10.2. The maximum atomic E-state index is 12.9. The largest absolute Gasteiger partial charge is 0.589 e. The molecule has 0 aromatic heterocycles. The van der Waals surface area contributed by atoms with Crippen LogP contribution >= 0.6 is 9.24 Å². The Bertz CT molecular complexity index is 1480. The number of carbonyl (C=O) groups excluding carboxylic acids is 2. The molecule has 1 saturated heterocycles. The van der Waals surface area contributed by atoms with E-state index in [0.29, 0.717) is 25.6 Å². The minimum absolute atomic E-state index is 0. The molecule has 1 aromatic rings. The molecule has 0 spiro atoms. The first-order chi connectivity index (χ1) is 25.6. The summed E-state index contributed by atoms with van der Waals surface area (Å²) in [6.07, 6.45) is 15.7. The summed E-state index contributed by atoms with van der Waals surface area (Å²) in [4.78, 5) is 39.4. The molecule has 6 aliphatic rings. The zero-order chi connectivity index (χ0) is 40.1. The first-order valence-electron chi connectivity index (χ1n) is 19.9. The van der Waals surface area contributed by atoms with Gasteiger partial charge in [0.1, 0.15) is 6.04 Å². The average Bonchev–Trinajstić information content (AvgIpc) is 3.89. The van der Waals surface area contributed by atoms with Crippen molar-refractivity contribution in [3.05, 3.63) is 59.1 Å². The van der Waals surface area contributed by atoms with Gasteiger partial charge < -0.3 is 25.8 Å². The van der Waals surface area contributed by atoms with Crippen molar-refractivity contribution in [2.24, 2.45) is 5.92 Å². The van der Waals surface area contributed by atoms with Crippen LogP contribution in [0.3, 0.4) is 0 Å². The van der Waals surface area contributed by atoms with Crippen molar-refractivity contribution in [1.82, 2.24) is 24.8 Å². The summed E-state index contributed by atoms with van der Waals surface area (Å²) in [6.45, 7) is 18.7. The van der Waals surface area contributed by atoms with Gasteiger partial charge in [0, 0.05) is 51.8 Å². The fourth-order valence-electron chi connectivity index (χ4n) is 6.49. The van der Waals surface area contributed by atoms with Crippen LogP contribution in [0, 0.1) is 5.92 Å². The van der Waals surface area contributed by atoms with Crippen molar-refractivity contribution in [1.29, 1.82) is 0 Å². The molecule has 3 amide bonds. The van der Waals surface area contributed by atoms with Crippen LogP contribution in [0.15, 0.2) is 42.5 Å². The maximum absolute atomic E-state index is 12.9. The summed E-state index contributed by atoms with van der Waals surface area (Å²) < 4.78 is 13.8. The van der Waals surface area contributed by atoms with Crippen LogP contribution in [0.2, 0.25) is 0 Å². The molecule has 3 N–H and O–H groups in total. The number of hydrogen-bond acceptors (Lipinski definition) is 5. The van der Waals surface area contributed by atoms with Crippen molar-refractivity contribution in [3.8, 4) is 0 Å². The zero-order valence-electron chi connectivity index (χ0n) is 34.6. The van der Waals surface area contributed by atoms with Gasteiger partial charge in [-0.15, -0.1) is 14.8 Å². The summed E-state index contributed by atoms with van der Waals surface area (Å²) >= 11 is 0. The van der Waals surface area contributed by atoms with E-state index in [1.165, 1.54) is 29.7 Å². The van der Waals surface area contributed by atoms with E-state index in [0.717, 1.165) is 74.3 Å². The summed E-state index contributed by atoms with van der Waals surface area (Å²) in [6, 6.07) is 5.86. The fourth-order valence-corrected chi connectivity index (χ4v) is 7.84. The molecule has 3 aliphatic carbocycles. The van der Waals surface area contributed by atoms with E-state index in [1.807, 2.05) is 64.8 Å². The fraction of sp³-hybridized carbons (Fsp3) is 0.683. The molecular formula is C41H68N6O5PSY-. The molecule has 14 heteroatoms. The van der Waals surface area contributed by atoms with E-state index in [2.05, 4.69) is 38.0 Å². The van der Waals surface area contributed by atoms with Crippen molar-refractivity contribution in [3.63, 3.8) is 0 Å². The number of carboxylic acid groups (broad SMARTS) is 1. The van der Waals surface area contributed by atoms with Gasteiger partial charge in [0.05, 0.1) is 28.8 Å². The molecule has 3 saturated carbocycles. The normalized spacial score (nSPS) is 25.0. The number of benzene rings is 1. The van der Waals surface area contributed by atoms with E-state index in [4.69, 9.17) is 10.5 Å². The molecule has 7 rings (SSSR count). The van der Waals surface area contributed by atoms with Crippen LogP contribution in [0.5, 0.6) is 0 Å². The van der Waals surface area contributed by atoms with Gasteiger partial charge in [-0.3, -0.25) is 14.5 Å². The molecule has 4 fully saturated rings. The molecular weight excluding hydrogens is 808 g/mol. The van der Waals surface area contributed by atoms with E-state index in [9.17, 15) is 18.6 Å². The van der Waals surface area contributed by atoms with Gasteiger partial charge in [0.25, 0.3) is 0 Å². The van der Waals surface area contributed by atoms with Crippen LogP contribution in [-0.4, -0.2) is 91.1 Å². The van der Waals surface area contributed by atoms with Gasteiger partial charge >= 0.3 is 6.09 Å². The minimum Gasteiger partial charge on any atom is -0.589 e. The number of hydrogen-bond donors (Lipinski definition) is 3. The first-order valence-corrected chi connectivity index (χ1v) is 21.7. The standard InChI is InChI=1S/C20H33N4O2.C9H10NO2P.C5H11NOS.C5H8.C2H6.Y/c1-20(2,3)22-23-11-7-5-4-6-9-15-13-16(15)21-19(26)17-10-8-12-24(17)18(25)14-23;11-9(12)10-4-6-2-1-3-8(13)7(6)5-10;1-5(3-4-5)8(7)6-2;1-5-3-2-4-5;1-2;/h6,9,15-17H,4-5,7-8,10-14H2,1-3H3,(H,21,26);1-3H,4-5,13H2,(H,11,12);6H,3-4H2,1-2H3;1-4H2;1-2H3;/q-1;;;;;/b9-6-;;;;;/t15-,16?,17?;;;;;/m1...../s1. The Labute approximate surface area is 361 Å². The van der Waals surface area contributed by atoms with Crippen LogP contribution in [0.1, 0.15) is 123 Å². The summed E-state index contributed by atoms with van der Waals surface area (Å²) in [5.41, 5.74) is 8.20. The van der Waals surface area contributed by atoms with Gasteiger partial charge in [-0.25, -0.2) is 13.7 Å². The average molecular weight is 877 g/mol. The Morgan fingerprint density at radius 3 is 2.27 bits per heavy atom. The second kappa shape index (κ2) is 23.8. The van der Waals surface area contributed by atoms with Crippen molar-refractivity contribution in [2.45, 2.75) is 148 Å². The number of fused-ring (bicyclic) bond motifs is 3. The maximum Gasteiger partial charge on any atom is 0.407 e. The molecule has 1 aromatic carbocycles. The number of nitrogens with one attached hydrogen (secondary N) is 2. The third-order valence-corrected chi connectivity index (χ3v) is 12.4. The van der Waals surface area contributed by atoms with E-state index in [1.54, 1.807) is 11.9 Å². The summed E-state index contributed by atoms with van der Waals surface area (Å²) in [5, 5.41) is 15.0. The quantitative estimate of drug-likeness (QED) is 0.222. The van der Waals surface area contributed by atoms with Gasteiger partial charge in [-0.05, 0) is 113 Å². The van der Waals surface area contributed by atoms with Crippen LogP contribution in [0.4, 0.5) is 4.79 Å². The predicted molar refractivity (Wildman–Crippen MR) is 225 cm³/mol. The Morgan fingerprint density at radius 2 is 1.75 bits per heavy atom. The molecule has 3 aliphatic heterocycles. The molecule has 1 radical (unpaired) electrons. The third kappa shape index (κ3) is 16.7. The monoisotopic (exact) mass is 876 g/mol. The SMILES string of the molecule is C=C1CCC1.CC.CC(C)(C)[N-]N1CCCC/C=C\[C@@H]2CC2NC(=O)C2CCCN2C(=O)C1.CNS(=O)C1(C)CC1.O=C(O)N1Cc2cccc(P)c2C1.[Y]. The summed E-state index contributed by atoms with van der Waals surface area (Å²) in [7, 11) is 3.59. The van der Waals surface area contributed by atoms with E-state index >= 15 is 0 Å². The Kier molecular flexibility index (Phi) is 21.4. The minimum atomic E-state index is -0.847. The number of rotatable bonds is 3. The number of carbonyl (C=O) groups is 3. The Balaban J connectivity index is 0.000000296. The molecule has 307 valence electrons. The van der Waals surface area contributed by atoms with Crippen LogP contribution in [0.25, 0.3) is 5.43 Å². The molecule has 11 nitrogen and oxygen atoms in total. The van der Waals surface area contributed by atoms with Gasteiger partial charge in [0.15, 0.2) is 0 Å². The predicted octanol–water partition coefficient (Wildman–Crippen LogP) is 6.96. The van der Waals surface area contributed by atoms with Crippen molar-refractivity contribution >= 4 is 43.4 Å². The summed E-state index contributed by atoms with van der Waals surface area (Å²) in [5.74, 6) is 0.518.